The monoisotopic (exact) mass is 610 g/mol. The number of para-hydroxylation sites is 1. The van der Waals surface area contributed by atoms with Crippen molar-refractivity contribution >= 4 is 38.4 Å². The molecule has 0 aliphatic heterocycles. The van der Waals surface area contributed by atoms with Gasteiger partial charge in [-0.3, -0.25) is 9.52 Å². The van der Waals surface area contributed by atoms with Crippen LogP contribution in [0.1, 0.15) is 35.5 Å². The van der Waals surface area contributed by atoms with E-state index in [4.69, 9.17) is 10.5 Å². The number of anilines is 2. The van der Waals surface area contributed by atoms with Crippen LogP contribution in [0.25, 0.3) is 16.6 Å². The van der Waals surface area contributed by atoms with Gasteiger partial charge in [0.2, 0.25) is 5.78 Å². The van der Waals surface area contributed by atoms with E-state index in [1.54, 1.807) is 37.3 Å². The number of halogens is 2. The Labute approximate surface area is 245 Å². The number of nitrogens with zero attached hydrogens (tertiary/aromatic N) is 2. The molecule has 0 aliphatic rings. The Morgan fingerprint density at radius 3 is 2.56 bits per heavy atom. The number of rotatable bonds is 10. The van der Waals surface area contributed by atoms with E-state index in [1.165, 1.54) is 49.0 Å². The van der Waals surface area contributed by atoms with Crippen molar-refractivity contribution in [2.24, 2.45) is 0 Å². The summed E-state index contributed by atoms with van der Waals surface area (Å²) < 4.78 is 64.6. The number of nitrogens with two attached hydrogens (primary N) is 1. The smallest absolute Gasteiger partial charge is 0.299 e. The standard InChI is InChI=1S/C29H28F2N6O5S/c1-16-10-18(42-26-7-5-4-6-20(26)30)8-9-25(16)37-28(32)19(14-33-37)27(38)24-12-17-11-21(31)23(13-22(17)35-24)36-43(40,41)34-15-29(2,3)39/h4-14,34-36,39H,15,32H2,1-3H3. The normalized spacial score (nSPS) is 12.0. The van der Waals surface area contributed by atoms with Crippen LogP contribution in [0.5, 0.6) is 11.5 Å². The van der Waals surface area contributed by atoms with Gasteiger partial charge in [-0.15, -0.1) is 0 Å². The molecule has 14 heteroatoms. The lowest BCUT2D eigenvalue weighted by Gasteiger charge is -2.18. The third kappa shape index (κ3) is 6.51. The van der Waals surface area contributed by atoms with Gasteiger partial charge < -0.3 is 20.6 Å². The number of hydrogen-bond donors (Lipinski definition) is 5. The van der Waals surface area contributed by atoms with E-state index in [9.17, 15) is 27.1 Å². The van der Waals surface area contributed by atoms with Crippen molar-refractivity contribution in [2.45, 2.75) is 26.4 Å². The average molecular weight is 611 g/mol. The molecule has 2 heterocycles. The second kappa shape index (κ2) is 11.1. The summed E-state index contributed by atoms with van der Waals surface area (Å²) in [6, 6.07) is 14.7. The number of aliphatic hydroxyl groups is 1. The number of benzene rings is 3. The highest BCUT2D eigenvalue weighted by Gasteiger charge is 2.23. The number of nitrogens with one attached hydrogen (secondary N) is 3. The van der Waals surface area contributed by atoms with E-state index in [0.29, 0.717) is 22.4 Å². The van der Waals surface area contributed by atoms with Gasteiger partial charge in [0, 0.05) is 17.4 Å². The molecule has 5 rings (SSSR count). The molecule has 2 aromatic heterocycles. The van der Waals surface area contributed by atoms with E-state index < -0.39 is 33.2 Å². The average Bonchev–Trinajstić information content (AvgIpc) is 3.51. The molecule has 0 unspecified atom stereocenters. The quantitative estimate of drug-likeness (QED) is 0.145. The topological polar surface area (TPSA) is 164 Å². The lowest BCUT2D eigenvalue weighted by Crippen LogP contribution is -2.40. The zero-order valence-electron chi connectivity index (χ0n) is 23.3. The molecule has 0 amide bonds. The van der Waals surface area contributed by atoms with Gasteiger partial charge in [-0.05, 0) is 74.9 Å². The van der Waals surface area contributed by atoms with Gasteiger partial charge >= 0.3 is 0 Å². The summed E-state index contributed by atoms with van der Waals surface area (Å²) in [7, 11) is -4.20. The van der Waals surface area contributed by atoms with Gasteiger partial charge in [-0.2, -0.15) is 18.2 Å². The SMILES string of the molecule is Cc1cc(Oc2ccccc2F)ccc1-n1ncc(C(=O)c2cc3cc(F)c(NS(=O)(=O)NCC(C)(C)O)cc3[nH]2)c1N. The largest absolute Gasteiger partial charge is 0.454 e. The van der Waals surface area contributed by atoms with Crippen LogP contribution >= 0.6 is 0 Å². The zero-order valence-corrected chi connectivity index (χ0v) is 24.1. The number of hydrogen-bond acceptors (Lipinski definition) is 7. The maximum Gasteiger partial charge on any atom is 0.299 e. The van der Waals surface area contributed by atoms with E-state index in [2.05, 4.69) is 19.5 Å². The first-order chi connectivity index (χ1) is 20.2. The van der Waals surface area contributed by atoms with Gasteiger partial charge in [0.1, 0.15) is 17.4 Å². The summed E-state index contributed by atoms with van der Waals surface area (Å²) in [6.07, 6.45) is 1.31. The predicted molar refractivity (Wildman–Crippen MR) is 158 cm³/mol. The molecule has 0 aliphatic carbocycles. The maximum atomic E-state index is 14.8. The molecule has 0 spiro atoms. The predicted octanol–water partition coefficient (Wildman–Crippen LogP) is 4.56. The van der Waals surface area contributed by atoms with Crippen molar-refractivity contribution in [1.29, 1.82) is 0 Å². The molecular weight excluding hydrogens is 582 g/mol. The minimum atomic E-state index is -4.20. The fourth-order valence-electron chi connectivity index (χ4n) is 4.26. The van der Waals surface area contributed by atoms with E-state index >= 15 is 0 Å². The Kier molecular flexibility index (Phi) is 7.69. The molecule has 6 N–H and O–H groups in total. The minimum absolute atomic E-state index is 0.0482. The summed E-state index contributed by atoms with van der Waals surface area (Å²) in [5.41, 5.74) is 6.34. The number of aryl methyl sites for hydroxylation is 1. The highest BCUT2D eigenvalue weighted by atomic mass is 32.2. The number of ketones is 1. The van der Waals surface area contributed by atoms with Crippen LogP contribution in [0.3, 0.4) is 0 Å². The van der Waals surface area contributed by atoms with Crippen LogP contribution in [0.15, 0.2) is 66.9 Å². The number of H-pyrrole nitrogens is 1. The number of aromatic nitrogens is 3. The second-order valence-electron chi connectivity index (χ2n) is 10.5. The van der Waals surface area contributed by atoms with Crippen molar-refractivity contribution in [3.63, 3.8) is 0 Å². The Balaban J connectivity index is 1.37. The van der Waals surface area contributed by atoms with Crippen molar-refractivity contribution in [3.05, 3.63) is 95.3 Å². The summed E-state index contributed by atoms with van der Waals surface area (Å²) in [4.78, 5) is 16.2. The third-order valence-corrected chi connectivity index (χ3v) is 7.42. The van der Waals surface area contributed by atoms with Gasteiger partial charge in [0.15, 0.2) is 11.6 Å². The highest BCUT2D eigenvalue weighted by Crippen LogP contribution is 2.30. The summed E-state index contributed by atoms with van der Waals surface area (Å²) >= 11 is 0. The Morgan fingerprint density at radius 2 is 1.86 bits per heavy atom. The number of carbonyl (C=O) groups excluding carboxylic acids is 1. The van der Waals surface area contributed by atoms with Crippen LogP contribution in [0.4, 0.5) is 20.3 Å². The van der Waals surface area contributed by atoms with Crippen molar-refractivity contribution in [3.8, 4) is 17.2 Å². The Morgan fingerprint density at radius 1 is 1.12 bits per heavy atom. The van der Waals surface area contributed by atoms with E-state index in [0.717, 1.165) is 6.07 Å². The minimum Gasteiger partial charge on any atom is -0.454 e. The fraction of sp³-hybridized carbons (Fsp3) is 0.172. The van der Waals surface area contributed by atoms with Gasteiger partial charge in [0.05, 0.1) is 34.4 Å². The first-order valence-corrected chi connectivity index (χ1v) is 14.4. The van der Waals surface area contributed by atoms with Crippen molar-refractivity contribution in [2.75, 3.05) is 17.0 Å². The molecule has 0 fully saturated rings. The summed E-state index contributed by atoms with van der Waals surface area (Å²) in [6.45, 7) is 4.31. The number of nitrogen functional groups attached to an aromatic ring is 1. The number of aromatic amines is 1. The van der Waals surface area contributed by atoms with Crippen molar-refractivity contribution < 1.29 is 31.8 Å². The number of fused-ring (bicyclic) bond motifs is 1. The molecule has 0 radical (unpaired) electrons. The van der Waals surface area contributed by atoms with Crippen LogP contribution in [-0.4, -0.2) is 46.2 Å². The molecule has 0 atom stereocenters. The Bertz CT molecular complexity index is 1960. The van der Waals surface area contributed by atoms with Crippen molar-refractivity contribution in [1.82, 2.24) is 19.5 Å². The lowest BCUT2D eigenvalue weighted by atomic mass is 10.1. The maximum absolute atomic E-state index is 14.8. The lowest BCUT2D eigenvalue weighted by molar-refractivity contribution is 0.0857. The van der Waals surface area contributed by atoms with Crippen LogP contribution < -0.4 is 19.9 Å². The number of ether oxygens (including phenoxy) is 1. The molecular formula is C29H28F2N6O5S. The van der Waals surface area contributed by atoms with Crippen LogP contribution in [0.2, 0.25) is 0 Å². The summed E-state index contributed by atoms with van der Waals surface area (Å²) in [5, 5.41) is 14.4. The van der Waals surface area contributed by atoms with E-state index in [1.807, 2.05) is 0 Å². The zero-order chi connectivity index (χ0) is 31.1. The first kappa shape index (κ1) is 29.7. The summed E-state index contributed by atoms with van der Waals surface area (Å²) in [5.74, 6) is -1.37. The number of carbonyl (C=O) groups is 1. The van der Waals surface area contributed by atoms with Gasteiger partial charge in [-0.25, -0.2) is 13.5 Å². The first-order valence-electron chi connectivity index (χ1n) is 12.9. The van der Waals surface area contributed by atoms with E-state index in [-0.39, 0.29) is 40.6 Å². The van der Waals surface area contributed by atoms with Crippen LogP contribution in [-0.2, 0) is 10.2 Å². The third-order valence-electron chi connectivity index (χ3n) is 6.40. The molecule has 0 saturated carbocycles. The molecule has 224 valence electrons. The fourth-order valence-corrected chi connectivity index (χ4v) is 5.32. The highest BCUT2D eigenvalue weighted by molar-refractivity contribution is 7.90. The van der Waals surface area contributed by atoms with Gasteiger partial charge in [-0.1, -0.05) is 12.1 Å². The molecule has 5 aromatic rings. The Hall–Kier alpha value is -4.79. The second-order valence-corrected chi connectivity index (χ2v) is 12.0. The molecule has 0 bridgehead atoms. The molecule has 11 nitrogen and oxygen atoms in total. The van der Waals surface area contributed by atoms with Gasteiger partial charge in [0.25, 0.3) is 10.2 Å². The molecule has 43 heavy (non-hydrogen) atoms. The molecule has 0 saturated heterocycles. The molecule has 3 aromatic carbocycles. The van der Waals surface area contributed by atoms with Crippen LogP contribution in [0, 0.1) is 18.6 Å².